The fourth-order valence-corrected chi connectivity index (χ4v) is 2.80. The molecule has 1 heterocycles. The summed E-state index contributed by atoms with van der Waals surface area (Å²) in [5, 5.41) is 8.01. The van der Waals surface area contributed by atoms with Crippen LogP contribution < -0.4 is 0 Å². The van der Waals surface area contributed by atoms with Gasteiger partial charge in [0.1, 0.15) is 5.82 Å². The molecule has 0 bridgehead atoms. The van der Waals surface area contributed by atoms with E-state index in [1.807, 2.05) is 11.5 Å². The lowest BCUT2D eigenvalue weighted by Crippen LogP contribution is -2.21. The number of nitrogens with zero attached hydrogens (tertiary/aromatic N) is 3. The zero-order valence-corrected chi connectivity index (χ0v) is 11.5. The average Bonchev–Trinajstić information content (AvgIpc) is 2.85. The van der Waals surface area contributed by atoms with Gasteiger partial charge in [0.15, 0.2) is 0 Å². The molecule has 0 radical (unpaired) electrons. The van der Waals surface area contributed by atoms with Gasteiger partial charge in [0, 0.05) is 6.04 Å². The maximum absolute atomic E-state index is 11.9. The first-order valence-electron chi connectivity index (χ1n) is 6.64. The van der Waals surface area contributed by atoms with Crippen molar-refractivity contribution in [1.29, 1.82) is 0 Å². The molecule has 100 valence electrons. The van der Waals surface area contributed by atoms with Crippen molar-refractivity contribution in [2.24, 2.45) is 11.8 Å². The zero-order chi connectivity index (χ0) is 13.3. The highest BCUT2D eigenvalue weighted by Gasteiger charge is 2.35. The Hall–Kier alpha value is -1.39. The molecule has 18 heavy (non-hydrogen) atoms. The molecule has 5 heteroatoms. The lowest BCUT2D eigenvalue weighted by atomic mass is 9.97. The van der Waals surface area contributed by atoms with E-state index in [9.17, 15) is 4.79 Å². The minimum Gasteiger partial charge on any atom is -0.460 e. The molecule has 5 nitrogen and oxygen atoms in total. The number of carbonyl (C=O) groups excluding carboxylic acids is 1. The van der Waals surface area contributed by atoms with Crippen LogP contribution in [0.4, 0.5) is 0 Å². The van der Waals surface area contributed by atoms with Crippen LogP contribution in [0.25, 0.3) is 0 Å². The zero-order valence-electron chi connectivity index (χ0n) is 11.5. The van der Waals surface area contributed by atoms with Crippen molar-refractivity contribution >= 4 is 5.97 Å². The molecule has 2 rings (SSSR count). The summed E-state index contributed by atoms with van der Waals surface area (Å²) in [5.74, 6) is 1.98. The molecule has 1 saturated carbocycles. The third-order valence-electron chi connectivity index (χ3n) is 4.08. The van der Waals surface area contributed by atoms with Gasteiger partial charge in [-0.3, -0.25) is 0 Å². The van der Waals surface area contributed by atoms with Crippen molar-refractivity contribution in [2.45, 2.75) is 46.6 Å². The highest BCUT2D eigenvalue weighted by atomic mass is 16.5. The van der Waals surface area contributed by atoms with E-state index in [1.54, 1.807) is 6.92 Å². The van der Waals surface area contributed by atoms with Crippen LogP contribution in [0, 0.1) is 18.8 Å². The predicted molar refractivity (Wildman–Crippen MR) is 67.3 cm³/mol. The molecule has 0 saturated heterocycles. The van der Waals surface area contributed by atoms with E-state index in [1.165, 1.54) is 6.42 Å². The second kappa shape index (κ2) is 5.08. The number of ether oxygens (including phenoxy) is 1. The van der Waals surface area contributed by atoms with Gasteiger partial charge in [0.05, 0.1) is 6.61 Å². The molecule has 0 aromatic carbocycles. The van der Waals surface area contributed by atoms with Crippen LogP contribution in [0.2, 0.25) is 0 Å². The molecule has 1 fully saturated rings. The van der Waals surface area contributed by atoms with Gasteiger partial charge in [-0.25, -0.2) is 4.79 Å². The lowest BCUT2D eigenvalue weighted by molar-refractivity contribution is 0.0501. The van der Waals surface area contributed by atoms with Crippen LogP contribution in [0.5, 0.6) is 0 Å². The van der Waals surface area contributed by atoms with E-state index in [2.05, 4.69) is 24.0 Å². The Labute approximate surface area is 108 Å². The van der Waals surface area contributed by atoms with E-state index in [-0.39, 0.29) is 5.97 Å². The summed E-state index contributed by atoms with van der Waals surface area (Å²) in [6.07, 6.45) is 2.26. The summed E-state index contributed by atoms with van der Waals surface area (Å²) < 4.78 is 7.01. The second-order valence-electron chi connectivity index (χ2n) is 5.14. The molecule has 1 aliphatic carbocycles. The Bertz CT molecular complexity index is 441. The van der Waals surface area contributed by atoms with Gasteiger partial charge in [0.2, 0.25) is 5.82 Å². The number of hydrogen-bond donors (Lipinski definition) is 0. The standard InChI is InChI=1S/C13H21N3O2/c1-5-18-13(17)12-15-14-10(4)16(12)11-7-6-8(2)9(11)3/h8-9,11H,5-7H2,1-4H3. The molecule has 3 atom stereocenters. The van der Waals surface area contributed by atoms with Crippen molar-refractivity contribution in [3.63, 3.8) is 0 Å². The molecule has 3 unspecified atom stereocenters. The number of rotatable bonds is 3. The summed E-state index contributed by atoms with van der Waals surface area (Å²) in [5.41, 5.74) is 0. The van der Waals surface area contributed by atoms with Crippen LogP contribution >= 0.6 is 0 Å². The van der Waals surface area contributed by atoms with Crippen LogP contribution in [-0.4, -0.2) is 27.3 Å². The average molecular weight is 251 g/mol. The summed E-state index contributed by atoms with van der Waals surface area (Å²) >= 11 is 0. The molecule has 0 spiro atoms. The second-order valence-corrected chi connectivity index (χ2v) is 5.14. The maximum atomic E-state index is 11.9. The van der Waals surface area contributed by atoms with Crippen molar-refractivity contribution in [3.8, 4) is 0 Å². The lowest BCUT2D eigenvalue weighted by Gasteiger charge is -2.21. The van der Waals surface area contributed by atoms with Gasteiger partial charge in [-0.2, -0.15) is 0 Å². The topological polar surface area (TPSA) is 57.0 Å². The SMILES string of the molecule is CCOC(=O)c1nnc(C)n1C1CCC(C)C1C. The van der Waals surface area contributed by atoms with E-state index < -0.39 is 0 Å². The number of carbonyl (C=O) groups is 1. The molecular formula is C13H21N3O2. The van der Waals surface area contributed by atoms with Gasteiger partial charge in [0.25, 0.3) is 0 Å². The Morgan fingerprint density at radius 1 is 1.39 bits per heavy atom. The van der Waals surface area contributed by atoms with Crippen molar-refractivity contribution in [1.82, 2.24) is 14.8 Å². The van der Waals surface area contributed by atoms with Crippen LogP contribution in [0.1, 0.15) is 56.1 Å². The monoisotopic (exact) mass is 251 g/mol. The van der Waals surface area contributed by atoms with Gasteiger partial charge in [-0.15, -0.1) is 10.2 Å². The molecule has 0 N–H and O–H groups in total. The fourth-order valence-electron chi connectivity index (χ4n) is 2.80. The van der Waals surface area contributed by atoms with Gasteiger partial charge >= 0.3 is 5.97 Å². The highest BCUT2D eigenvalue weighted by Crippen LogP contribution is 2.40. The van der Waals surface area contributed by atoms with E-state index in [0.717, 1.165) is 12.2 Å². The number of hydrogen-bond acceptors (Lipinski definition) is 4. The predicted octanol–water partition coefficient (Wildman–Crippen LogP) is 2.37. The first-order chi connectivity index (χ1) is 8.56. The van der Waals surface area contributed by atoms with Gasteiger partial charge in [-0.05, 0) is 38.5 Å². The molecule has 1 aromatic heterocycles. The number of aryl methyl sites for hydroxylation is 1. The molecule has 0 aliphatic heterocycles. The normalized spacial score (nSPS) is 27.4. The Balaban J connectivity index is 2.32. The smallest absolute Gasteiger partial charge is 0.376 e. The molecular weight excluding hydrogens is 230 g/mol. The fraction of sp³-hybridized carbons (Fsp3) is 0.769. The van der Waals surface area contributed by atoms with Crippen LogP contribution in [-0.2, 0) is 4.74 Å². The Morgan fingerprint density at radius 3 is 2.67 bits per heavy atom. The summed E-state index contributed by atoms with van der Waals surface area (Å²) in [6, 6.07) is 0.314. The van der Waals surface area contributed by atoms with Crippen molar-refractivity contribution < 1.29 is 9.53 Å². The van der Waals surface area contributed by atoms with Gasteiger partial charge < -0.3 is 9.30 Å². The summed E-state index contributed by atoms with van der Waals surface area (Å²) in [7, 11) is 0. The van der Waals surface area contributed by atoms with E-state index >= 15 is 0 Å². The largest absolute Gasteiger partial charge is 0.460 e. The first kappa shape index (κ1) is 13.1. The third kappa shape index (κ3) is 2.13. The van der Waals surface area contributed by atoms with E-state index in [4.69, 9.17) is 4.74 Å². The van der Waals surface area contributed by atoms with E-state index in [0.29, 0.717) is 30.3 Å². The minimum absolute atomic E-state index is 0.314. The van der Waals surface area contributed by atoms with Gasteiger partial charge in [-0.1, -0.05) is 13.8 Å². The van der Waals surface area contributed by atoms with Crippen LogP contribution in [0.15, 0.2) is 0 Å². The Kier molecular flexibility index (Phi) is 3.68. The van der Waals surface area contributed by atoms with Crippen molar-refractivity contribution in [3.05, 3.63) is 11.6 Å². The molecule has 0 amide bonds. The van der Waals surface area contributed by atoms with Crippen molar-refractivity contribution in [2.75, 3.05) is 6.61 Å². The first-order valence-corrected chi connectivity index (χ1v) is 6.64. The summed E-state index contributed by atoms with van der Waals surface area (Å²) in [4.78, 5) is 11.9. The third-order valence-corrected chi connectivity index (χ3v) is 4.08. The minimum atomic E-state index is -0.371. The number of aromatic nitrogens is 3. The summed E-state index contributed by atoms with van der Waals surface area (Å²) in [6.45, 7) is 8.55. The maximum Gasteiger partial charge on any atom is 0.376 e. The Morgan fingerprint density at radius 2 is 2.11 bits per heavy atom. The molecule has 1 aromatic rings. The molecule has 1 aliphatic rings. The number of esters is 1. The quantitative estimate of drug-likeness (QED) is 0.774. The van der Waals surface area contributed by atoms with Crippen LogP contribution in [0.3, 0.4) is 0 Å². The highest BCUT2D eigenvalue weighted by molar-refractivity contribution is 5.85.